The van der Waals surface area contributed by atoms with Crippen LogP contribution in [0.3, 0.4) is 0 Å². The van der Waals surface area contributed by atoms with Gasteiger partial charge in [0.05, 0.1) is 6.61 Å². The van der Waals surface area contributed by atoms with Gasteiger partial charge in [-0.15, -0.1) is 0 Å². The maximum atomic E-state index is 12.0. The fourth-order valence-corrected chi connectivity index (χ4v) is 3.76. The first-order valence-electron chi connectivity index (χ1n) is 12.3. The van der Waals surface area contributed by atoms with Crippen LogP contribution < -0.4 is 0 Å². The third-order valence-corrected chi connectivity index (χ3v) is 5.83. The van der Waals surface area contributed by atoms with Crippen LogP contribution in [-0.2, 0) is 14.3 Å². The molecule has 0 aliphatic carbocycles. The number of aliphatic hydroxyl groups is 5. The van der Waals surface area contributed by atoms with Gasteiger partial charge in [-0.2, -0.15) is 0 Å². The van der Waals surface area contributed by atoms with Crippen LogP contribution in [0.25, 0.3) is 0 Å². The van der Waals surface area contributed by atoms with Crippen molar-refractivity contribution in [3.63, 3.8) is 0 Å². The topological polar surface area (TPSA) is 137 Å². The number of hydrogen-bond donors (Lipinski definition) is 5. The molecule has 8 heteroatoms. The SMILES string of the molecule is CCCCCCCC/C=C/CCCCCCCC(=O)O[C@@]1(O)O[C@H](CO)[C@@H](O)[C@H](O)[C@@H]1O. The molecule has 32 heavy (non-hydrogen) atoms. The number of rotatable bonds is 17. The largest absolute Gasteiger partial charge is 0.406 e. The Balaban J connectivity index is 2.07. The minimum absolute atomic E-state index is 0.0268. The zero-order valence-electron chi connectivity index (χ0n) is 19.5. The molecule has 1 rings (SSSR count). The third kappa shape index (κ3) is 10.7. The van der Waals surface area contributed by atoms with Crippen LogP contribution >= 0.6 is 0 Å². The van der Waals surface area contributed by atoms with E-state index in [9.17, 15) is 25.2 Å². The summed E-state index contributed by atoms with van der Waals surface area (Å²) in [5, 5.41) is 48.7. The van der Waals surface area contributed by atoms with E-state index in [0.717, 1.165) is 38.5 Å². The molecule has 5 atom stereocenters. The summed E-state index contributed by atoms with van der Waals surface area (Å²) in [6.07, 6.45) is 12.4. The van der Waals surface area contributed by atoms with Gasteiger partial charge >= 0.3 is 11.9 Å². The normalized spacial score (nSPS) is 28.3. The number of carbonyl (C=O) groups excluding carboxylic acids is 1. The Labute approximate surface area is 192 Å². The molecular weight excluding hydrogens is 416 g/mol. The van der Waals surface area contributed by atoms with Gasteiger partial charge in [-0.1, -0.05) is 70.4 Å². The van der Waals surface area contributed by atoms with Crippen molar-refractivity contribution < 1.29 is 39.8 Å². The van der Waals surface area contributed by atoms with E-state index in [1.807, 2.05) is 0 Å². The molecule has 8 nitrogen and oxygen atoms in total. The lowest BCUT2D eigenvalue weighted by Gasteiger charge is -2.43. The Bertz CT molecular complexity index is 524. The van der Waals surface area contributed by atoms with Crippen LogP contribution in [0.15, 0.2) is 12.2 Å². The first-order chi connectivity index (χ1) is 15.4. The highest BCUT2D eigenvalue weighted by Gasteiger charge is 2.55. The van der Waals surface area contributed by atoms with Crippen molar-refractivity contribution in [2.24, 2.45) is 0 Å². The van der Waals surface area contributed by atoms with Gasteiger partial charge in [0.25, 0.3) is 0 Å². The molecule has 1 heterocycles. The molecule has 0 radical (unpaired) electrons. The lowest BCUT2D eigenvalue weighted by Crippen LogP contribution is -2.66. The van der Waals surface area contributed by atoms with E-state index in [4.69, 9.17) is 14.6 Å². The summed E-state index contributed by atoms with van der Waals surface area (Å²) in [5.74, 6) is -3.59. The van der Waals surface area contributed by atoms with Gasteiger partial charge in [0.1, 0.15) is 18.3 Å². The number of aliphatic hydroxyl groups excluding tert-OH is 4. The number of carbonyl (C=O) groups is 1. The molecule has 1 aliphatic rings. The van der Waals surface area contributed by atoms with Crippen molar-refractivity contribution in [3.05, 3.63) is 12.2 Å². The number of allylic oxidation sites excluding steroid dienone is 2. The molecular formula is C24H44O8. The van der Waals surface area contributed by atoms with Crippen LogP contribution in [0, 0.1) is 0 Å². The van der Waals surface area contributed by atoms with Crippen molar-refractivity contribution in [1.29, 1.82) is 0 Å². The second kappa shape index (κ2) is 16.6. The number of esters is 1. The second-order valence-electron chi connectivity index (χ2n) is 8.70. The van der Waals surface area contributed by atoms with Gasteiger partial charge in [0.2, 0.25) is 0 Å². The number of unbranched alkanes of at least 4 members (excludes halogenated alkanes) is 11. The minimum Gasteiger partial charge on any atom is -0.406 e. The highest BCUT2D eigenvalue weighted by molar-refractivity contribution is 5.69. The van der Waals surface area contributed by atoms with Crippen LogP contribution in [-0.4, -0.2) is 68.5 Å². The Morgan fingerprint density at radius 1 is 0.875 bits per heavy atom. The first-order valence-corrected chi connectivity index (χ1v) is 12.3. The summed E-state index contributed by atoms with van der Waals surface area (Å²) in [7, 11) is 0. The maximum Gasteiger partial charge on any atom is 0.357 e. The lowest BCUT2D eigenvalue weighted by atomic mass is 9.98. The zero-order chi connectivity index (χ0) is 23.8. The minimum atomic E-state index is -2.80. The summed E-state index contributed by atoms with van der Waals surface area (Å²) in [5.41, 5.74) is 0. The Morgan fingerprint density at radius 3 is 1.97 bits per heavy atom. The van der Waals surface area contributed by atoms with Crippen LogP contribution in [0.1, 0.15) is 96.8 Å². The molecule has 1 aliphatic heterocycles. The Morgan fingerprint density at radius 2 is 1.41 bits per heavy atom. The standard InChI is InChI=1S/C24H44O8/c1-2-3-4-5-6-7-8-9-10-11-12-13-14-15-16-17-20(26)32-24(30)23(29)22(28)21(27)19(18-25)31-24/h9-10,19,21-23,25,27-30H,2-8,11-18H2,1H3/b10-9+/t19-,21-,22+,23+,24+/m1/s1. The predicted octanol–water partition coefficient (Wildman–Crippen LogP) is 2.69. The van der Waals surface area contributed by atoms with Crippen molar-refractivity contribution >= 4 is 5.97 Å². The summed E-state index contributed by atoms with van der Waals surface area (Å²) < 4.78 is 9.73. The van der Waals surface area contributed by atoms with E-state index < -0.39 is 43.0 Å². The molecule has 0 spiro atoms. The lowest BCUT2D eigenvalue weighted by molar-refractivity contribution is -0.434. The monoisotopic (exact) mass is 460 g/mol. The van der Waals surface area contributed by atoms with E-state index in [-0.39, 0.29) is 6.42 Å². The molecule has 0 aromatic carbocycles. The zero-order valence-corrected chi connectivity index (χ0v) is 19.5. The number of hydrogen-bond acceptors (Lipinski definition) is 8. The molecule has 0 aromatic rings. The summed E-state index contributed by atoms with van der Waals surface area (Å²) in [6, 6.07) is 0. The molecule has 5 N–H and O–H groups in total. The van der Waals surface area contributed by atoms with Crippen molar-refractivity contribution in [2.45, 2.75) is 127 Å². The molecule has 0 unspecified atom stereocenters. The molecule has 0 amide bonds. The fraction of sp³-hybridized carbons (Fsp3) is 0.875. The highest BCUT2D eigenvalue weighted by atomic mass is 16.8. The molecule has 0 saturated carbocycles. The third-order valence-electron chi connectivity index (χ3n) is 5.83. The summed E-state index contributed by atoms with van der Waals surface area (Å²) in [4.78, 5) is 12.0. The van der Waals surface area contributed by atoms with Gasteiger partial charge in [-0.3, -0.25) is 4.79 Å². The summed E-state index contributed by atoms with van der Waals surface area (Å²) >= 11 is 0. The van der Waals surface area contributed by atoms with E-state index in [1.165, 1.54) is 38.5 Å². The quantitative estimate of drug-likeness (QED) is 0.0967. The van der Waals surface area contributed by atoms with Crippen molar-refractivity contribution in [3.8, 4) is 0 Å². The second-order valence-corrected chi connectivity index (χ2v) is 8.70. The van der Waals surface area contributed by atoms with E-state index >= 15 is 0 Å². The van der Waals surface area contributed by atoms with E-state index in [0.29, 0.717) is 6.42 Å². The molecule has 188 valence electrons. The van der Waals surface area contributed by atoms with Gasteiger partial charge in [0.15, 0.2) is 6.10 Å². The Hall–Kier alpha value is -1.03. The number of ether oxygens (including phenoxy) is 2. The first kappa shape index (κ1) is 29.0. The van der Waals surface area contributed by atoms with Crippen LogP contribution in [0.4, 0.5) is 0 Å². The van der Waals surface area contributed by atoms with Crippen molar-refractivity contribution in [2.75, 3.05) is 6.61 Å². The predicted molar refractivity (Wildman–Crippen MR) is 120 cm³/mol. The van der Waals surface area contributed by atoms with Crippen LogP contribution in [0.5, 0.6) is 0 Å². The van der Waals surface area contributed by atoms with Crippen LogP contribution in [0.2, 0.25) is 0 Å². The van der Waals surface area contributed by atoms with Crippen molar-refractivity contribution in [1.82, 2.24) is 0 Å². The van der Waals surface area contributed by atoms with Gasteiger partial charge in [-0.25, -0.2) is 0 Å². The average Bonchev–Trinajstić information content (AvgIpc) is 2.77. The highest BCUT2D eigenvalue weighted by Crippen LogP contribution is 2.29. The Kier molecular flexibility index (Phi) is 15.0. The molecule has 0 bridgehead atoms. The molecule has 0 aromatic heterocycles. The maximum absolute atomic E-state index is 12.0. The van der Waals surface area contributed by atoms with Gasteiger partial charge < -0.3 is 35.0 Å². The molecule has 1 saturated heterocycles. The fourth-order valence-electron chi connectivity index (χ4n) is 3.76. The van der Waals surface area contributed by atoms with E-state index in [2.05, 4.69) is 19.1 Å². The van der Waals surface area contributed by atoms with Gasteiger partial charge in [-0.05, 0) is 32.1 Å². The smallest absolute Gasteiger partial charge is 0.357 e. The molecule has 1 fully saturated rings. The average molecular weight is 461 g/mol. The summed E-state index contributed by atoms with van der Waals surface area (Å²) in [6.45, 7) is 1.51. The van der Waals surface area contributed by atoms with E-state index in [1.54, 1.807) is 0 Å². The van der Waals surface area contributed by atoms with Gasteiger partial charge in [0, 0.05) is 6.42 Å².